The molecule has 19 heavy (non-hydrogen) atoms. The summed E-state index contributed by atoms with van der Waals surface area (Å²) in [6.45, 7) is 0. The summed E-state index contributed by atoms with van der Waals surface area (Å²) in [6.07, 6.45) is -4.77. The minimum absolute atomic E-state index is 0.232. The molecule has 3 N–H and O–H groups in total. The summed E-state index contributed by atoms with van der Waals surface area (Å²) in [6, 6.07) is 5.00. The number of benzene rings is 1. The predicted octanol–water partition coefficient (Wildman–Crippen LogP) is 1.99. The number of nitrogens with zero attached hydrogens (tertiary/aromatic N) is 2. The van der Waals surface area contributed by atoms with Crippen LogP contribution in [0.5, 0.6) is 5.75 Å². The Hall–Kier alpha value is -1.71. The van der Waals surface area contributed by atoms with E-state index in [0.29, 0.717) is 5.69 Å². The van der Waals surface area contributed by atoms with Crippen LogP contribution in [-0.4, -0.2) is 15.9 Å². The average Bonchev–Trinajstić information content (AvgIpc) is 2.84. The first-order chi connectivity index (χ1) is 9.01. The molecule has 1 aromatic heterocycles. The molecule has 1 atom stereocenters. The lowest BCUT2D eigenvalue weighted by Gasteiger charge is -2.18. The number of rotatable bonds is 4. The quantitative estimate of drug-likeness (QED) is 0.665. The minimum atomic E-state index is -4.77. The summed E-state index contributed by atoms with van der Waals surface area (Å²) >= 11 is 1.08. The van der Waals surface area contributed by atoms with Crippen LogP contribution in [0.1, 0.15) is 17.3 Å². The monoisotopic (exact) mass is 290 g/mol. The van der Waals surface area contributed by atoms with E-state index in [4.69, 9.17) is 5.84 Å². The Labute approximate surface area is 110 Å². The topological polar surface area (TPSA) is 73.1 Å². The van der Waals surface area contributed by atoms with Gasteiger partial charge in [-0.1, -0.05) is 22.7 Å². The molecule has 0 radical (unpaired) electrons. The number of hydrazine groups is 1. The van der Waals surface area contributed by atoms with Crippen LogP contribution in [0.3, 0.4) is 0 Å². The number of hydrogen-bond acceptors (Lipinski definition) is 6. The third-order valence-corrected chi connectivity index (χ3v) is 2.82. The summed E-state index contributed by atoms with van der Waals surface area (Å²) in [4.78, 5) is 0. The molecule has 0 aliphatic heterocycles. The lowest BCUT2D eigenvalue weighted by molar-refractivity contribution is -0.275. The Morgan fingerprint density at radius 3 is 2.63 bits per heavy atom. The molecule has 0 saturated carbocycles. The van der Waals surface area contributed by atoms with E-state index in [-0.39, 0.29) is 11.3 Å². The van der Waals surface area contributed by atoms with Gasteiger partial charge < -0.3 is 4.74 Å². The summed E-state index contributed by atoms with van der Waals surface area (Å²) < 4.78 is 44.6. The van der Waals surface area contributed by atoms with Crippen molar-refractivity contribution < 1.29 is 17.9 Å². The average molecular weight is 290 g/mol. The smallest absolute Gasteiger partial charge is 0.405 e. The maximum absolute atomic E-state index is 12.3. The Morgan fingerprint density at radius 2 is 2.05 bits per heavy atom. The molecule has 0 spiro atoms. The summed E-state index contributed by atoms with van der Waals surface area (Å²) in [5.74, 6) is 5.05. The fourth-order valence-electron chi connectivity index (χ4n) is 1.57. The molecule has 0 aliphatic rings. The zero-order chi connectivity index (χ0) is 13.9. The molecule has 0 fully saturated rings. The second kappa shape index (κ2) is 5.51. The van der Waals surface area contributed by atoms with Crippen LogP contribution in [0.4, 0.5) is 13.2 Å². The van der Waals surface area contributed by atoms with E-state index in [1.807, 2.05) is 0 Å². The van der Waals surface area contributed by atoms with Crippen molar-refractivity contribution in [3.8, 4) is 5.75 Å². The summed E-state index contributed by atoms with van der Waals surface area (Å²) in [7, 11) is 0. The molecular weight excluding hydrogens is 281 g/mol. The second-order valence-electron chi connectivity index (χ2n) is 3.52. The van der Waals surface area contributed by atoms with Gasteiger partial charge in [-0.05, 0) is 17.6 Å². The number of alkyl halides is 3. The summed E-state index contributed by atoms with van der Waals surface area (Å²) in [5, 5.41) is 5.38. The highest BCUT2D eigenvalue weighted by Gasteiger charge is 2.33. The van der Waals surface area contributed by atoms with Gasteiger partial charge in [0.2, 0.25) is 0 Å². The fourth-order valence-corrected chi connectivity index (χ4v) is 2.05. The third-order valence-electron chi connectivity index (χ3n) is 2.30. The van der Waals surface area contributed by atoms with Gasteiger partial charge in [0, 0.05) is 10.9 Å². The van der Waals surface area contributed by atoms with Crippen molar-refractivity contribution in [3.63, 3.8) is 0 Å². The number of para-hydroxylation sites is 1. The predicted molar refractivity (Wildman–Crippen MR) is 62.2 cm³/mol. The van der Waals surface area contributed by atoms with Crippen LogP contribution >= 0.6 is 11.5 Å². The van der Waals surface area contributed by atoms with E-state index in [1.165, 1.54) is 18.2 Å². The minimum Gasteiger partial charge on any atom is -0.405 e. The van der Waals surface area contributed by atoms with Crippen molar-refractivity contribution in [3.05, 3.63) is 40.9 Å². The SMILES string of the molecule is NNC(c1csnn1)c1ccccc1OC(F)(F)F. The Bertz CT molecular complexity index is 532. The number of aromatic nitrogens is 2. The third kappa shape index (κ3) is 3.40. The number of halogens is 3. The zero-order valence-electron chi connectivity index (χ0n) is 9.39. The van der Waals surface area contributed by atoms with Gasteiger partial charge in [-0.15, -0.1) is 18.3 Å². The maximum Gasteiger partial charge on any atom is 0.573 e. The summed E-state index contributed by atoms with van der Waals surface area (Å²) in [5.41, 5.74) is 3.06. The number of ether oxygens (including phenoxy) is 1. The van der Waals surface area contributed by atoms with Crippen molar-refractivity contribution in [1.29, 1.82) is 0 Å². The van der Waals surface area contributed by atoms with Gasteiger partial charge in [-0.25, -0.2) is 5.43 Å². The zero-order valence-corrected chi connectivity index (χ0v) is 10.2. The van der Waals surface area contributed by atoms with E-state index >= 15 is 0 Å². The van der Waals surface area contributed by atoms with Gasteiger partial charge in [0.05, 0.1) is 11.7 Å². The van der Waals surface area contributed by atoms with E-state index < -0.39 is 12.4 Å². The van der Waals surface area contributed by atoms with E-state index in [2.05, 4.69) is 19.7 Å². The number of nitrogens with one attached hydrogen (secondary N) is 1. The normalized spacial score (nSPS) is 13.3. The van der Waals surface area contributed by atoms with Crippen molar-refractivity contribution in [2.45, 2.75) is 12.4 Å². The van der Waals surface area contributed by atoms with Crippen molar-refractivity contribution >= 4 is 11.5 Å². The van der Waals surface area contributed by atoms with Gasteiger partial charge in [-0.2, -0.15) is 0 Å². The first kappa shape index (κ1) is 13.7. The standard InChI is InChI=1S/C10H9F3N4OS/c11-10(12,13)18-8-4-2-1-3-6(8)9(15-14)7-5-19-17-16-7/h1-5,9,15H,14H2. The molecule has 2 aromatic rings. The molecule has 0 amide bonds. The lowest BCUT2D eigenvalue weighted by Crippen LogP contribution is -2.30. The lowest BCUT2D eigenvalue weighted by atomic mass is 10.0. The van der Waals surface area contributed by atoms with Crippen LogP contribution in [0.2, 0.25) is 0 Å². The number of hydrogen-bond donors (Lipinski definition) is 2. The highest BCUT2D eigenvalue weighted by Crippen LogP contribution is 2.32. The maximum atomic E-state index is 12.3. The van der Waals surface area contributed by atoms with E-state index in [9.17, 15) is 13.2 Å². The highest BCUT2D eigenvalue weighted by molar-refractivity contribution is 7.03. The molecule has 1 heterocycles. The van der Waals surface area contributed by atoms with Crippen molar-refractivity contribution in [2.24, 2.45) is 5.84 Å². The molecule has 0 bridgehead atoms. The second-order valence-corrected chi connectivity index (χ2v) is 4.12. The van der Waals surface area contributed by atoms with E-state index in [0.717, 1.165) is 11.5 Å². The van der Waals surface area contributed by atoms with Crippen LogP contribution in [0.25, 0.3) is 0 Å². The first-order valence-corrected chi connectivity index (χ1v) is 5.92. The molecule has 2 rings (SSSR count). The van der Waals surface area contributed by atoms with Gasteiger partial charge in [-0.3, -0.25) is 5.84 Å². The molecule has 1 unspecified atom stereocenters. The Morgan fingerprint density at radius 1 is 1.32 bits per heavy atom. The fraction of sp³-hybridized carbons (Fsp3) is 0.200. The van der Waals surface area contributed by atoms with E-state index in [1.54, 1.807) is 11.4 Å². The van der Waals surface area contributed by atoms with Gasteiger partial charge in [0.15, 0.2) is 0 Å². The van der Waals surface area contributed by atoms with Crippen LogP contribution in [0.15, 0.2) is 29.6 Å². The molecular formula is C10H9F3N4OS. The largest absolute Gasteiger partial charge is 0.573 e. The number of nitrogens with two attached hydrogens (primary N) is 1. The van der Waals surface area contributed by atoms with Crippen molar-refractivity contribution in [2.75, 3.05) is 0 Å². The Balaban J connectivity index is 2.38. The molecule has 0 saturated heterocycles. The van der Waals surface area contributed by atoms with Crippen LogP contribution in [-0.2, 0) is 0 Å². The van der Waals surface area contributed by atoms with Crippen molar-refractivity contribution in [1.82, 2.24) is 15.0 Å². The first-order valence-electron chi connectivity index (χ1n) is 5.09. The van der Waals surface area contributed by atoms with Gasteiger partial charge in [0.25, 0.3) is 0 Å². The molecule has 0 aliphatic carbocycles. The molecule has 1 aromatic carbocycles. The van der Waals surface area contributed by atoms with Gasteiger partial charge >= 0.3 is 6.36 Å². The molecule has 9 heteroatoms. The molecule has 5 nitrogen and oxygen atoms in total. The highest BCUT2D eigenvalue weighted by atomic mass is 32.1. The van der Waals surface area contributed by atoms with Gasteiger partial charge in [0.1, 0.15) is 5.75 Å². The van der Waals surface area contributed by atoms with Crippen LogP contribution in [0, 0.1) is 0 Å². The Kier molecular flexibility index (Phi) is 3.98. The van der Waals surface area contributed by atoms with Crippen LogP contribution < -0.4 is 16.0 Å². The molecule has 102 valence electrons.